The third kappa shape index (κ3) is 3.36. The number of rotatable bonds is 4. The number of aliphatic hydroxyl groups excluding tert-OH is 1. The van der Waals surface area contributed by atoms with Gasteiger partial charge in [0.2, 0.25) is 0 Å². The van der Waals surface area contributed by atoms with E-state index in [0.717, 1.165) is 32.6 Å². The molecule has 0 bridgehead atoms. The van der Waals surface area contributed by atoms with E-state index in [1.807, 2.05) is 42.5 Å². The lowest BCUT2D eigenvalue weighted by molar-refractivity contribution is 0.281. The van der Waals surface area contributed by atoms with Crippen LogP contribution in [0.1, 0.15) is 11.1 Å². The molecular formula is C14H15IN2O. The fraction of sp³-hybridized carbons (Fsp3) is 0.143. The first-order valence-electron chi connectivity index (χ1n) is 5.66. The average Bonchev–Trinajstić information content (AvgIpc) is 2.38. The van der Waals surface area contributed by atoms with Gasteiger partial charge in [-0.05, 0) is 51.9 Å². The third-order valence-electron chi connectivity index (χ3n) is 2.65. The summed E-state index contributed by atoms with van der Waals surface area (Å²) in [5, 5.41) is 12.4. The Bertz CT molecular complexity index is 543. The Morgan fingerprint density at radius 1 is 1.11 bits per heavy atom. The van der Waals surface area contributed by atoms with Crippen LogP contribution in [0.4, 0.5) is 11.4 Å². The molecule has 0 unspecified atom stereocenters. The van der Waals surface area contributed by atoms with Gasteiger partial charge in [0.1, 0.15) is 0 Å². The van der Waals surface area contributed by atoms with Crippen LogP contribution in [0.25, 0.3) is 0 Å². The van der Waals surface area contributed by atoms with Gasteiger partial charge in [0.25, 0.3) is 0 Å². The number of nitrogens with two attached hydrogens (primary N) is 1. The highest BCUT2D eigenvalue weighted by molar-refractivity contribution is 14.1. The topological polar surface area (TPSA) is 58.3 Å². The third-order valence-corrected chi connectivity index (χ3v) is 3.54. The average molecular weight is 354 g/mol. The van der Waals surface area contributed by atoms with Gasteiger partial charge >= 0.3 is 0 Å². The van der Waals surface area contributed by atoms with Gasteiger partial charge in [-0.2, -0.15) is 0 Å². The Hall–Kier alpha value is -1.27. The zero-order valence-corrected chi connectivity index (χ0v) is 12.0. The molecule has 18 heavy (non-hydrogen) atoms. The van der Waals surface area contributed by atoms with Crippen molar-refractivity contribution >= 4 is 34.0 Å². The minimum Gasteiger partial charge on any atom is -0.399 e. The molecule has 0 spiro atoms. The lowest BCUT2D eigenvalue weighted by atomic mass is 10.1. The Kier molecular flexibility index (Phi) is 4.43. The molecule has 2 aromatic rings. The predicted molar refractivity (Wildman–Crippen MR) is 83.3 cm³/mol. The highest BCUT2D eigenvalue weighted by Gasteiger charge is 2.00. The van der Waals surface area contributed by atoms with Crippen molar-refractivity contribution in [1.82, 2.24) is 0 Å². The molecule has 0 saturated carbocycles. The van der Waals surface area contributed by atoms with Crippen molar-refractivity contribution in [3.63, 3.8) is 0 Å². The zero-order chi connectivity index (χ0) is 13.0. The van der Waals surface area contributed by atoms with Crippen molar-refractivity contribution in [3.8, 4) is 0 Å². The molecule has 2 aromatic carbocycles. The summed E-state index contributed by atoms with van der Waals surface area (Å²) in [6.45, 7) is 0.807. The maximum absolute atomic E-state index is 9.09. The normalized spacial score (nSPS) is 10.3. The Balaban J connectivity index is 2.06. The maximum Gasteiger partial charge on any atom is 0.0681 e. The van der Waals surface area contributed by atoms with E-state index in [2.05, 4.69) is 27.9 Å². The Labute approximate surface area is 120 Å². The second-order valence-corrected chi connectivity index (χ2v) is 5.23. The Morgan fingerprint density at radius 3 is 2.61 bits per heavy atom. The van der Waals surface area contributed by atoms with Crippen molar-refractivity contribution < 1.29 is 5.11 Å². The standard InChI is InChI=1S/C14H15IN2O/c15-13-7-12(16)4-5-14(13)17-8-10-2-1-3-11(6-10)9-18/h1-7,17-18H,8-9,16H2. The van der Waals surface area contributed by atoms with E-state index in [-0.39, 0.29) is 6.61 Å². The van der Waals surface area contributed by atoms with Gasteiger partial charge < -0.3 is 16.2 Å². The van der Waals surface area contributed by atoms with Crippen LogP contribution < -0.4 is 11.1 Å². The summed E-state index contributed by atoms with van der Waals surface area (Å²) in [6, 6.07) is 13.7. The van der Waals surface area contributed by atoms with Crippen LogP contribution in [0.5, 0.6) is 0 Å². The number of nitrogen functional groups attached to an aromatic ring is 1. The molecule has 0 aliphatic heterocycles. The van der Waals surface area contributed by atoms with E-state index in [0.29, 0.717) is 0 Å². The summed E-state index contributed by atoms with van der Waals surface area (Å²) >= 11 is 2.26. The van der Waals surface area contributed by atoms with Crippen LogP contribution in [0.3, 0.4) is 0 Å². The van der Waals surface area contributed by atoms with Gasteiger partial charge in [-0.1, -0.05) is 24.3 Å². The second-order valence-electron chi connectivity index (χ2n) is 4.07. The molecule has 0 heterocycles. The van der Waals surface area contributed by atoms with E-state index in [1.54, 1.807) is 0 Å². The molecule has 0 fully saturated rings. The van der Waals surface area contributed by atoms with Gasteiger partial charge in [0, 0.05) is 21.5 Å². The molecular weight excluding hydrogens is 339 g/mol. The van der Waals surface area contributed by atoms with Crippen LogP contribution in [0.15, 0.2) is 42.5 Å². The van der Waals surface area contributed by atoms with E-state index >= 15 is 0 Å². The second kappa shape index (κ2) is 6.06. The zero-order valence-electron chi connectivity index (χ0n) is 9.86. The van der Waals surface area contributed by atoms with Gasteiger partial charge in [-0.25, -0.2) is 0 Å². The SMILES string of the molecule is Nc1ccc(NCc2cccc(CO)c2)c(I)c1. The van der Waals surface area contributed by atoms with E-state index < -0.39 is 0 Å². The number of nitrogens with one attached hydrogen (secondary N) is 1. The summed E-state index contributed by atoms with van der Waals surface area (Å²) in [4.78, 5) is 0. The summed E-state index contributed by atoms with van der Waals surface area (Å²) in [5.41, 5.74) is 9.63. The number of halogens is 1. The van der Waals surface area contributed by atoms with Gasteiger partial charge in [-0.15, -0.1) is 0 Å². The number of hydrogen-bond donors (Lipinski definition) is 3. The van der Waals surface area contributed by atoms with Crippen LogP contribution in [-0.4, -0.2) is 5.11 Å². The highest BCUT2D eigenvalue weighted by atomic mass is 127. The van der Waals surface area contributed by atoms with Crippen molar-refractivity contribution in [1.29, 1.82) is 0 Å². The molecule has 94 valence electrons. The predicted octanol–water partition coefficient (Wildman–Crippen LogP) is 2.98. The molecule has 0 aliphatic rings. The van der Waals surface area contributed by atoms with E-state index in [9.17, 15) is 0 Å². The van der Waals surface area contributed by atoms with E-state index in [4.69, 9.17) is 10.8 Å². The monoisotopic (exact) mass is 354 g/mol. The quantitative estimate of drug-likeness (QED) is 0.585. The molecule has 0 saturated heterocycles. The lowest BCUT2D eigenvalue weighted by Crippen LogP contribution is -2.02. The fourth-order valence-corrected chi connectivity index (χ4v) is 2.44. The fourth-order valence-electron chi connectivity index (χ4n) is 1.71. The van der Waals surface area contributed by atoms with E-state index in [1.165, 1.54) is 0 Å². The number of benzene rings is 2. The first kappa shape index (κ1) is 13.2. The number of anilines is 2. The van der Waals surface area contributed by atoms with Crippen molar-refractivity contribution in [2.24, 2.45) is 0 Å². The van der Waals surface area contributed by atoms with Gasteiger partial charge in [0.05, 0.1) is 6.61 Å². The maximum atomic E-state index is 9.09. The highest BCUT2D eigenvalue weighted by Crippen LogP contribution is 2.21. The van der Waals surface area contributed by atoms with Crippen molar-refractivity contribution in [2.75, 3.05) is 11.1 Å². The molecule has 0 aromatic heterocycles. The number of hydrogen-bond acceptors (Lipinski definition) is 3. The summed E-state index contributed by atoms with van der Waals surface area (Å²) in [6.07, 6.45) is 0. The molecule has 0 atom stereocenters. The van der Waals surface area contributed by atoms with Crippen LogP contribution in [-0.2, 0) is 13.2 Å². The number of aliphatic hydroxyl groups is 1. The molecule has 0 radical (unpaired) electrons. The molecule has 3 nitrogen and oxygen atoms in total. The van der Waals surface area contributed by atoms with Crippen LogP contribution >= 0.6 is 22.6 Å². The molecule has 4 heteroatoms. The summed E-state index contributed by atoms with van der Waals surface area (Å²) in [7, 11) is 0. The van der Waals surface area contributed by atoms with Crippen molar-refractivity contribution in [3.05, 3.63) is 57.2 Å². The first-order chi connectivity index (χ1) is 8.69. The lowest BCUT2D eigenvalue weighted by Gasteiger charge is -2.10. The largest absolute Gasteiger partial charge is 0.399 e. The molecule has 4 N–H and O–H groups in total. The molecule has 2 rings (SSSR count). The summed E-state index contributed by atoms with van der Waals surface area (Å²) < 4.78 is 1.10. The minimum absolute atomic E-state index is 0.0766. The minimum atomic E-state index is 0.0766. The molecule has 0 aliphatic carbocycles. The first-order valence-corrected chi connectivity index (χ1v) is 6.74. The van der Waals surface area contributed by atoms with Crippen LogP contribution in [0.2, 0.25) is 0 Å². The smallest absolute Gasteiger partial charge is 0.0681 e. The summed E-state index contributed by atoms with van der Waals surface area (Å²) in [5.74, 6) is 0. The molecule has 0 amide bonds. The van der Waals surface area contributed by atoms with Crippen molar-refractivity contribution in [2.45, 2.75) is 13.2 Å². The van der Waals surface area contributed by atoms with Crippen LogP contribution in [0, 0.1) is 3.57 Å². The Morgan fingerprint density at radius 2 is 1.89 bits per heavy atom. The van der Waals surface area contributed by atoms with Gasteiger partial charge in [-0.3, -0.25) is 0 Å². The van der Waals surface area contributed by atoms with Gasteiger partial charge in [0.15, 0.2) is 0 Å².